The molecule has 28 heavy (non-hydrogen) atoms. The number of nitrogens with one attached hydrogen (secondary N) is 1. The lowest BCUT2D eigenvalue weighted by atomic mass is 10.1. The van der Waals surface area contributed by atoms with Crippen LogP contribution in [-0.4, -0.2) is 29.9 Å². The third-order valence-electron chi connectivity index (χ3n) is 4.27. The number of carbonyl (C=O) groups is 1. The van der Waals surface area contributed by atoms with E-state index in [2.05, 4.69) is 15.1 Å². The molecule has 8 heteroatoms. The number of carbonyl (C=O) groups excluding carboxylic acids is 1. The maximum absolute atomic E-state index is 13.5. The zero-order chi connectivity index (χ0) is 20.3. The van der Waals surface area contributed by atoms with Gasteiger partial charge in [0.15, 0.2) is 0 Å². The van der Waals surface area contributed by atoms with Crippen molar-refractivity contribution < 1.29 is 9.18 Å². The summed E-state index contributed by atoms with van der Waals surface area (Å²) in [7, 11) is 1.68. The highest BCUT2D eigenvalue weighted by atomic mass is 19.1. The summed E-state index contributed by atoms with van der Waals surface area (Å²) in [6.07, 6.45) is 1.36. The monoisotopic (exact) mass is 379 g/mol. The lowest BCUT2D eigenvalue weighted by Crippen LogP contribution is -2.22. The molecule has 1 amide bonds. The van der Waals surface area contributed by atoms with Gasteiger partial charge in [-0.25, -0.2) is 4.39 Å². The minimum absolute atomic E-state index is 0.0826. The first-order valence-corrected chi connectivity index (χ1v) is 8.38. The van der Waals surface area contributed by atoms with Gasteiger partial charge in [-0.05, 0) is 48.5 Å². The Balaban J connectivity index is 1.90. The smallest absolute Gasteiger partial charge is 0.258 e. The third-order valence-corrected chi connectivity index (χ3v) is 4.27. The van der Waals surface area contributed by atoms with Crippen molar-refractivity contribution in [3.8, 4) is 0 Å². The van der Waals surface area contributed by atoms with E-state index in [1.165, 1.54) is 42.3 Å². The van der Waals surface area contributed by atoms with Gasteiger partial charge in [-0.3, -0.25) is 14.6 Å². The highest BCUT2D eigenvalue weighted by molar-refractivity contribution is 6.38. The Morgan fingerprint density at radius 1 is 1.18 bits per heavy atom. The predicted octanol–water partition coefficient (Wildman–Crippen LogP) is 2.72. The molecule has 0 aliphatic heterocycles. The van der Waals surface area contributed by atoms with Crippen LogP contribution in [0.1, 0.15) is 12.5 Å². The van der Waals surface area contributed by atoms with E-state index in [9.17, 15) is 14.0 Å². The van der Waals surface area contributed by atoms with Gasteiger partial charge in [0.2, 0.25) is 5.91 Å². The van der Waals surface area contributed by atoms with Gasteiger partial charge in [0.05, 0.1) is 17.5 Å². The largest absolute Gasteiger partial charge is 0.323 e. The zero-order valence-corrected chi connectivity index (χ0v) is 15.3. The molecule has 3 rings (SSSR count). The Hall–Kier alpha value is -3.81. The van der Waals surface area contributed by atoms with Crippen LogP contribution in [0.15, 0.2) is 63.4 Å². The molecule has 0 spiro atoms. The van der Waals surface area contributed by atoms with E-state index in [4.69, 9.17) is 5.84 Å². The van der Waals surface area contributed by atoms with E-state index < -0.39 is 11.4 Å². The number of aromatic amines is 1. The molecule has 0 unspecified atom stereocenters. The first-order chi connectivity index (χ1) is 13.4. The maximum atomic E-state index is 13.5. The van der Waals surface area contributed by atoms with E-state index >= 15 is 0 Å². The Morgan fingerprint density at radius 2 is 1.89 bits per heavy atom. The molecule has 0 aliphatic rings. The van der Waals surface area contributed by atoms with Gasteiger partial charge in [0.1, 0.15) is 11.5 Å². The summed E-state index contributed by atoms with van der Waals surface area (Å²) in [5.74, 6) is 4.94. The first kappa shape index (κ1) is 19.0. The van der Waals surface area contributed by atoms with Gasteiger partial charge < -0.3 is 15.7 Å². The number of H-pyrrole nitrogens is 1. The van der Waals surface area contributed by atoms with Crippen molar-refractivity contribution in [1.29, 1.82) is 0 Å². The number of anilines is 1. The minimum Gasteiger partial charge on any atom is -0.323 e. The fraction of sp³-hybridized carbons (Fsp3) is 0.100. The maximum Gasteiger partial charge on any atom is 0.258 e. The Morgan fingerprint density at radius 3 is 2.54 bits per heavy atom. The third kappa shape index (κ3) is 3.96. The molecule has 3 N–H and O–H groups in total. The van der Waals surface area contributed by atoms with Crippen LogP contribution in [0.25, 0.3) is 10.9 Å². The Kier molecular flexibility index (Phi) is 5.30. The molecular formula is C20H18FN5O2. The molecule has 0 saturated carbocycles. The fourth-order valence-corrected chi connectivity index (χ4v) is 2.62. The topological polar surface area (TPSA) is 104 Å². The molecule has 1 aromatic heterocycles. The average Bonchev–Trinajstić information content (AvgIpc) is 2.68. The zero-order valence-electron chi connectivity index (χ0n) is 15.3. The number of halogens is 1. The van der Waals surface area contributed by atoms with Crippen LogP contribution in [0.5, 0.6) is 0 Å². The number of hydrogen-bond donors (Lipinski definition) is 2. The van der Waals surface area contributed by atoms with Crippen LogP contribution in [0.2, 0.25) is 0 Å². The number of rotatable bonds is 4. The molecule has 0 radical (unpaired) electrons. The SMILES string of the molecule is CC(=O)N(C)c1ccc(N=CC(=NN)c2cc3cc(F)ccc3[nH]c2=O)cc1. The van der Waals surface area contributed by atoms with Crippen LogP contribution >= 0.6 is 0 Å². The lowest BCUT2D eigenvalue weighted by Gasteiger charge is -2.14. The van der Waals surface area contributed by atoms with Crippen LogP contribution in [-0.2, 0) is 4.79 Å². The fourth-order valence-electron chi connectivity index (χ4n) is 2.62. The molecule has 0 aliphatic carbocycles. The standard InChI is InChI=1S/C20H18FN5O2/c1-12(27)26(2)16-6-4-15(5-7-16)23-11-19(25-22)17-10-13-9-14(21)3-8-18(13)24-20(17)28/h3-11H,22H2,1-2H3,(H,24,28). The number of aliphatic imine (C=N–C) groups is 1. The van der Waals surface area contributed by atoms with Crippen LogP contribution in [0.4, 0.5) is 15.8 Å². The number of aromatic nitrogens is 1. The van der Waals surface area contributed by atoms with Gasteiger partial charge in [0, 0.05) is 30.6 Å². The van der Waals surface area contributed by atoms with Crippen molar-refractivity contribution in [2.75, 3.05) is 11.9 Å². The number of nitrogens with two attached hydrogens (primary N) is 1. The Labute approximate surface area is 160 Å². The second-order valence-electron chi connectivity index (χ2n) is 6.11. The van der Waals surface area contributed by atoms with Crippen molar-refractivity contribution in [2.45, 2.75) is 6.92 Å². The summed E-state index contributed by atoms with van der Waals surface area (Å²) >= 11 is 0. The van der Waals surface area contributed by atoms with E-state index in [1.54, 1.807) is 31.3 Å². The number of fused-ring (bicyclic) bond motifs is 1. The van der Waals surface area contributed by atoms with Gasteiger partial charge in [-0.15, -0.1) is 0 Å². The number of hydrogen-bond acceptors (Lipinski definition) is 5. The molecule has 142 valence electrons. The van der Waals surface area contributed by atoms with Crippen molar-refractivity contribution in [1.82, 2.24) is 4.98 Å². The van der Waals surface area contributed by atoms with Crippen LogP contribution < -0.4 is 16.3 Å². The summed E-state index contributed by atoms with van der Waals surface area (Å²) in [4.78, 5) is 32.2. The summed E-state index contributed by atoms with van der Waals surface area (Å²) in [6.45, 7) is 1.48. The molecule has 0 atom stereocenters. The van der Waals surface area contributed by atoms with E-state index in [0.29, 0.717) is 16.6 Å². The average molecular weight is 379 g/mol. The van der Waals surface area contributed by atoms with Gasteiger partial charge in [0.25, 0.3) is 5.56 Å². The van der Waals surface area contributed by atoms with Crippen LogP contribution in [0.3, 0.4) is 0 Å². The second kappa shape index (κ2) is 7.83. The number of amides is 1. The number of hydrazone groups is 1. The predicted molar refractivity (Wildman–Crippen MR) is 109 cm³/mol. The van der Waals surface area contributed by atoms with E-state index in [-0.39, 0.29) is 17.2 Å². The van der Waals surface area contributed by atoms with Crippen LogP contribution in [0, 0.1) is 5.82 Å². The summed E-state index contributed by atoms with van der Waals surface area (Å²) in [6, 6.07) is 12.5. The van der Waals surface area contributed by atoms with Crippen molar-refractivity contribution in [3.05, 3.63) is 70.3 Å². The number of pyridine rings is 1. The van der Waals surface area contributed by atoms with Gasteiger partial charge >= 0.3 is 0 Å². The lowest BCUT2D eigenvalue weighted by molar-refractivity contribution is -0.116. The molecule has 7 nitrogen and oxygen atoms in total. The number of benzene rings is 2. The highest BCUT2D eigenvalue weighted by Gasteiger charge is 2.09. The number of nitrogens with zero attached hydrogens (tertiary/aromatic N) is 3. The van der Waals surface area contributed by atoms with Gasteiger partial charge in [-0.1, -0.05) is 0 Å². The van der Waals surface area contributed by atoms with Gasteiger partial charge in [-0.2, -0.15) is 5.10 Å². The highest BCUT2D eigenvalue weighted by Crippen LogP contribution is 2.19. The molecule has 0 bridgehead atoms. The molecule has 3 aromatic rings. The molecule has 2 aromatic carbocycles. The normalized spacial score (nSPS) is 11.9. The van der Waals surface area contributed by atoms with E-state index in [0.717, 1.165) is 5.69 Å². The van der Waals surface area contributed by atoms with E-state index in [1.807, 2.05) is 0 Å². The molecule has 0 fully saturated rings. The minimum atomic E-state index is -0.416. The summed E-state index contributed by atoms with van der Waals surface area (Å²) in [5, 5.41) is 4.15. The van der Waals surface area contributed by atoms with Crippen molar-refractivity contribution in [3.63, 3.8) is 0 Å². The van der Waals surface area contributed by atoms with Crippen molar-refractivity contribution >= 4 is 40.1 Å². The Bertz CT molecular complexity index is 1150. The summed E-state index contributed by atoms with van der Waals surface area (Å²) in [5.41, 5.74) is 1.74. The molecule has 1 heterocycles. The molecule has 0 saturated heterocycles. The quantitative estimate of drug-likeness (QED) is 0.414. The second-order valence-corrected chi connectivity index (χ2v) is 6.11. The first-order valence-electron chi connectivity index (χ1n) is 8.38. The summed E-state index contributed by atoms with van der Waals surface area (Å²) < 4.78 is 13.5. The van der Waals surface area contributed by atoms with Crippen molar-refractivity contribution in [2.24, 2.45) is 15.9 Å². The molecular weight excluding hydrogens is 361 g/mol.